The molecule has 0 bridgehead atoms. The van der Waals surface area contributed by atoms with Crippen LogP contribution in [0.25, 0.3) is 10.8 Å². The molecule has 3 heteroatoms. The first-order valence-corrected chi connectivity index (χ1v) is 10.4. The largest absolute Gasteiger partial charge is 0.496 e. The zero-order valence-corrected chi connectivity index (χ0v) is 17.8. The summed E-state index contributed by atoms with van der Waals surface area (Å²) in [6.45, 7) is 12.0. The van der Waals surface area contributed by atoms with Gasteiger partial charge in [-0.2, -0.15) is 0 Å². The van der Waals surface area contributed by atoms with Crippen molar-refractivity contribution in [3.05, 3.63) is 42.0 Å². The van der Waals surface area contributed by atoms with Crippen molar-refractivity contribution in [1.82, 2.24) is 4.90 Å². The van der Waals surface area contributed by atoms with Crippen molar-refractivity contribution >= 4 is 10.8 Å². The summed E-state index contributed by atoms with van der Waals surface area (Å²) in [7, 11) is 1.70. The van der Waals surface area contributed by atoms with E-state index in [-0.39, 0.29) is 5.41 Å². The summed E-state index contributed by atoms with van der Waals surface area (Å²) in [5, 5.41) is 13.5. The van der Waals surface area contributed by atoms with E-state index < -0.39 is 6.10 Å². The van der Waals surface area contributed by atoms with Crippen LogP contribution in [0.5, 0.6) is 5.75 Å². The summed E-state index contributed by atoms with van der Waals surface area (Å²) in [5.74, 6) is 0.854. The molecule has 0 heterocycles. The summed E-state index contributed by atoms with van der Waals surface area (Å²) in [5.41, 5.74) is 0.751. The maximum Gasteiger partial charge on any atom is 0.126 e. The summed E-state index contributed by atoms with van der Waals surface area (Å²) >= 11 is 0. The number of unbranched alkanes of at least 4 members (excludes halogenated alkanes) is 2. The van der Waals surface area contributed by atoms with E-state index in [4.69, 9.17) is 4.74 Å². The number of ether oxygens (including phenoxy) is 1. The molecule has 0 saturated carbocycles. The van der Waals surface area contributed by atoms with Crippen molar-refractivity contribution in [2.75, 3.05) is 26.7 Å². The first-order chi connectivity index (χ1) is 12.9. The lowest BCUT2D eigenvalue weighted by Gasteiger charge is -2.37. The van der Waals surface area contributed by atoms with Crippen LogP contribution in [-0.4, -0.2) is 36.8 Å². The molecule has 0 amide bonds. The fraction of sp³-hybridized carbons (Fsp3) is 0.583. The normalized spacial score (nSPS) is 13.3. The van der Waals surface area contributed by atoms with Crippen LogP contribution in [-0.2, 0) is 0 Å². The number of benzene rings is 2. The van der Waals surface area contributed by atoms with Crippen molar-refractivity contribution < 1.29 is 9.84 Å². The molecule has 1 N–H and O–H groups in total. The second kappa shape index (κ2) is 10.1. The van der Waals surface area contributed by atoms with Crippen LogP contribution in [0.4, 0.5) is 0 Å². The SMILES string of the molecule is CCCCN(CCCC)CC(C)(C)[C@H](O)c1ccc(OC)c2ccccc12. The topological polar surface area (TPSA) is 32.7 Å². The fourth-order valence-electron chi connectivity index (χ4n) is 3.83. The molecular formula is C24H37NO2. The predicted molar refractivity (Wildman–Crippen MR) is 115 cm³/mol. The van der Waals surface area contributed by atoms with Crippen molar-refractivity contribution in [3.63, 3.8) is 0 Å². The molecule has 0 aliphatic carbocycles. The first kappa shape index (κ1) is 21.7. The molecule has 0 saturated heterocycles. The third kappa shape index (κ3) is 5.46. The smallest absolute Gasteiger partial charge is 0.126 e. The van der Waals surface area contributed by atoms with E-state index >= 15 is 0 Å². The minimum Gasteiger partial charge on any atom is -0.496 e. The fourth-order valence-corrected chi connectivity index (χ4v) is 3.83. The van der Waals surface area contributed by atoms with Crippen LogP contribution in [0.3, 0.4) is 0 Å². The second-order valence-electron chi connectivity index (χ2n) is 8.28. The van der Waals surface area contributed by atoms with E-state index in [9.17, 15) is 5.11 Å². The lowest BCUT2D eigenvalue weighted by Crippen LogP contribution is -2.39. The number of rotatable bonds is 11. The highest BCUT2D eigenvalue weighted by atomic mass is 16.5. The van der Waals surface area contributed by atoms with Crippen molar-refractivity contribution in [3.8, 4) is 5.75 Å². The molecule has 2 aromatic rings. The van der Waals surface area contributed by atoms with Crippen molar-refractivity contribution in [2.45, 2.75) is 59.5 Å². The van der Waals surface area contributed by atoms with Crippen LogP contribution in [0.2, 0.25) is 0 Å². The van der Waals surface area contributed by atoms with E-state index in [0.717, 1.165) is 41.7 Å². The lowest BCUT2D eigenvalue weighted by molar-refractivity contribution is 0.0204. The first-order valence-electron chi connectivity index (χ1n) is 10.4. The molecule has 0 aliphatic rings. The van der Waals surface area contributed by atoms with Crippen LogP contribution >= 0.6 is 0 Å². The van der Waals surface area contributed by atoms with E-state index in [1.807, 2.05) is 24.3 Å². The highest BCUT2D eigenvalue weighted by molar-refractivity contribution is 5.91. The van der Waals surface area contributed by atoms with E-state index in [1.54, 1.807) is 7.11 Å². The molecular weight excluding hydrogens is 334 g/mol. The number of nitrogens with zero attached hydrogens (tertiary/aromatic N) is 1. The number of aliphatic hydroxyl groups is 1. The van der Waals surface area contributed by atoms with Gasteiger partial charge in [-0.15, -0.1) is 0 Å². The van der Waals surface area contributed by atoms with Gasteiger partial charge in [0.05, 0.1) is 13.2 Å². The van der Waals surface area contributed by atoms with Gasteiger partial charge in [0.25, 0.3) is 0 Å². The zero-order chi connectivity index (χ0) is 19.9. The third-order valence-electron chi connectivity index (χ3n) is 5.46. The van der Waals surface area contributed by atoms with Gasteiger partial charge in [-0.25, -0.2) is 0 Å². The maximum atomic E-state index is 11.3. The Kier molecular flexibility index (Phi) is 8.12. The van der Waals surface area contributed by atoms with Crippen LogP contribution < -0.4 is 4.74 Å². The highest BCUT2D eigenvalue weighted by Crippen LogP contribution is 2.39. The highest BCUT2D eigenvalue weighted by Gasteiger charge is 2.32. The minimum atomic E-state index is -0.529. The molecule has 2 rings (SSSR count). The predicted octanol–water partition coefficient (Wildman–Crippen LogP) is 5.81. The van der Waals surface area contributed by atoms with Crippen molar-refractivity contribution in [1.29, 1.82) is 0 Å². The Morgan fingerprint density at radius 3 is 2.11 bits per heavy atom. The molecule has 2 aromatic carbocycles. The molecule has 3 nitrogen and oxygen atoms in total. The number of hydrogen-bond acceptors (Lipinski definition) is 3. The Balaban J connectivity index is 2.28. The van der Waals surface area contributed by atoms with E-state index in [0.29, 0.717) is 0 Å². The third-order valence-corrected chi connectivity index (χ3v) is 5.46. The number of aliphatic hydroxyl groups excluding tert-OH is 1. The standard InChI is InChI=1S/C24H37NO2/c1-6-8-16-25(17-9-7-2)18-24(3,4)23(26)21-14-15-22(27-5)20-13-11-10-12-19(20)21/h10-15,23,26H,6-9,16-18H2,1-5H3/t23-/m1/s1. The molecule has 0 unspecified atom stereocenters. The van der Waals surface area contributed by atoms with Crippen molar-refractivity contribution in [2.24, 2.45) is 5.41 Å². The maximum absolute atomic E-state index is 11.3. The van der Waals surface area contributed by atoms with Crippen LogP contribution in [0.15, 0.2) is 36.4 Å². The number of methoxy groups -OCH3 is 1. The summed E-state index contributed by atoms with van der Waals surface area (Å²) in [6.07, 6.45) is 4.30. The Bertz CT molecular complexity index is 703. The monoisotopic (exact) mass is 371 g/mol. The Morgan fingerprint density at radius 2 is 1.56 bits per heavy atom. The van der Waals surface area contributed by atoms with Gasteiger partial charge in [0.15, 0.2) is 0 Å². The van der Waals surface area contributed by atoms with Gasteiger partial charge in [-0.3, -0.25) is 0 Å². The molecule has 0 aliphatic heterocycles. The molecule has 150 valence electrons. The zero-order valence-electron chi connectivity index (χ0n) is 17.8. The Hall–Kier alpha value is -1.58. The summed E-state index contributed by atoms with van der Waals surface area (Å²) in [4.78, 5) is 2.53. The second-order valence-corrected chi connectivity index (χ2v) is 8.28. The van der Waals surface area contributed by atoms with Gasteiger partial charge in [0.1, 0.15) is 5.75 Å². The molecule has 0 fully saturated rings. The summed E-state index contributed by atoms with van der Waals surface area (Å²) < 4.78 is 5.51. The quantitative estimate of drug-likeness (QED) is 0.541. The summed E-state index contributed by atoms with van der Waals surface area (Å²) in [6, 6.07) is 12.2. The molecule has 27 heavy (non-hydrogen) atoms. The van der Waals surface area contributed by atoms with Gasteiger partial charge < -0.3 is 14.7 Å². The minimum absolute atomic E-state index is 0.237. The van der Waals surface area contributed by atoms with Gasteiger partial charge in [0.2, 0.25) is 0 Å². The van der Waals surface area contributed by atoms with Gasteiger partial charge in [-0.1, -0.05) is 70.9 Å². The molecule has 1 atom stereocenters. The van der Waals surface area contributed by atoms with Crippen LogP contribution in [0, 0.1) is 5.41 Å². The van der Waals surface area contributed by atoms with Gasteiger partial charge in [-0.05, 0) is 42.9 Å². The Morgan fingerprint density at radius 1 is 0.963 bits per heavy atom. The molecule has 0 spiro atoms. The number of fused-ring (bicyclic) bond motifs is 1. The average Bonchev–Trinajstić information content (AvgIpc) is 2.68. The number of hydrogen-bond donors (Lipinski definition) is 1. The molecule has 0 aromatic heterocycles. The van der Waals surface area contributed by atoms with Gasteiger partial charge >= 0.3 is 0 Å². The lowest BCUT2D eigenvalue weighted by atomic mass is 9.80. The van der Waals surface area contributed by atoms with E-state index in [1.165, 1.54) is 25.7 Å². The van der Waals surface area contributed by atoms with Crippen LogP contribution in [0.1, 0.15) is 65.0 Å². The van der Waals surface area contributed by atoms with Gasteiger partial charge in [0, 0.05) is 17.3 Å². The molecule has 0 radical (unpaired) electrons. The average molecular weight is 372 g/mol. The van der Waals surface area contributed by atoms with E-state index in [2.05, 4.69) is 44.7 Å². The Labute approximate surface area is 165 Å².